The Kier molecular flexibility index (Phi) is 4.80. The highest BCUT2D eigenvalue weighted by molar-refractivity contribution is 6.00. The highest BCUT2D eigenvalue weighted by Gasteiger charge is 2.36. The zero-order valence-electron chi connectivity index (χ0n) is 17.7. The van der Waals surface area contributed by atoms with Gasteiger partial charge in [-0.3, -0.25) is 9.59 Å². The monoisotopic (exact) mass is 419 g/mol. The number of carbonyl (C=O) groups excluding carboxylic acids is 2. The molecule has 160 valence electrons. The van der Waals surface area contributed by atoms with E-state index in [1.54, 1.807) is 15.7 Å². The van der Waals surface area contributed by atoms with Crippen molar-refractivity contribution in [3.63, 3.8) is 0 Å². The van der Waals surface area contributed by atoms with Gasteiger partial charge in [0, 0.05) is 37.8 Å². The zero-order chi connectivity index (χ0) is 21.5. The summed E-state index contributed by atoms with van der Waals surface area (Å²) in [6.07, 6.45) is 2.67. The summed E-state index contributed by atoms with van der Waals surface area (Å²) in [6.45, 7) is 6.00. The smallest absolute Gasteiger partial charge is 0.227 e. The maximum Gasteiger partial charge on any atom is 0.227 e. The van der Waals surface area contributed by atoms with E-state index in [-0.39, 0.29) is 30.2 Å². The fourth-order valence-electron chi connectivity index (χ4n) is 4.32. The van der Waals surface area contributed by atoms with Gasteiger partial charge in [0.25, 0.3) is 0 Å². The Morgan fingerprint density at radius 2 is 2.00 bits per heavy atom. The fourth-order valence-corrected chi connectivity index (χ4v) is 4.32. The Labute approximate surface area is 180 Å². The molecule has 0 spiro atoms. The molecule has 2 fully saturated rings. The number of anilines is 2. The lowest BCUT2D eigenvalue weighted by Gasteiger charge is -2.20. The van der Waals surface area contributed by atoms with Gasteiger partial charge in [-0.05, 0) is 55.7 Å². The fraction of sp³-hybridized carbons (Fsp3) is 0.409. The second-order valence-electron chi connectivity index (χ2n) is 8.44. The minimum absolute atomic E-state index is 0.00268. The molecule has 0 aliphatic carbocycles. The average Bonchev–Trinajstić information content (AvgIpc) is 3.49. The van der Waals surface area contributed by atoms with Crippen LogP contribution < -0.4 is 15.1 Å². The van der Waals surface area contributed by atoms with E-state index in [9.17, 15) is 9.59 Å². The molecule has 2 amide bonds. The van der Waals surface area contributed by atoms with Crippen molar-refractivity contribution in [1.82, 2.24) is 25.1 Å². The number of carbonyl (C=O) groups is 2. The summed E-state index contributed by atoms with van der Waals surface area (Å²) in [6, 6.07) is 9.83. The molecule has 2 saturated heterocycles. The topological polar surface area (TPSA) is 95.7 Å². The van der Waals surface area contributed by atoms with Crippen LogP contribution in [-0.4, -0.2) is 57.3 Å². The number of nitrogens with zero attached hydrogens (tertiary/aromatic N) is 6. The standard InChI is InChI=1S/C22H25N7O2/c1-14-3-4-18(9-15(14)2)28-11-16(10-21(28)30)22(31)24-17-7-8-27(12-17)20-6-5-19-25-23-13-29(19)26-20/h3-6,9,13,16-17H,7-8,10-12H2,1-2H3,(H,24,31)/t16-,17+/m1/s1. The summed E-state index contributed by atoms with van der Waals surface area (Å²) < 4.78 is 1.65. The number of aromatic nitrogens is 4. The largest absolute Gasteiger partial charge is 0.353 e. The predicted octanol–water partition coefficient (Wildman–Crippen LogP) is 1.49. The van der Waals surface area contributed by atoms with Crippen LogP contribution in [0.15, 0.2) is 36.7 Å². The number of amides is 2. The number of hydrogen-bond donors (Lipinski definition) is 1. The van der Waals surface area contributed by atoms with Crippen LogP contribution in [0.1, 0.15) is 24.0 Å². The molecular weight excluding hydrogens is 394 g/mol. The number of hydrogen-bond acceptors (Lipinski definition) is 6. The Morgan fingerprint density at radius 1 is 1.13 bits per heavy atom. The van der Waals surface area contributed by atoms with Crippen molar-refractivity contribution in [3.8, 4) is 0 Å². The van der Waals surface area contributed by atoms with Gasteiger partial charge < -0.3 is 15.1 Å². The molecule has 2 atom stereocenters. The van der Waals surface area contributed by atoms with Crippen molar-refractivity contribution < 1.29 is 9.59 Å². The number of rotatable bonds is 4. The van der Waals surface area contributed by atoms with Gasteiger partial charge in [0.15, 0.2) is 5.65 Å². The molecular formula is C22H25N7O2. The third-order valence-corrected chi connectivity index (χ3v) is 6.30. The Bertz CT molecular complexity index is 1160. The quantitative estimate of drug-likeness (QED) is 0.688. The Hall–Kier alpha value is -3.49. The van der Waals surface area contributed by atoms with Gasteiger partial charge >= 0.3 is 0 Å². The molecule has 31 heavy (non-hydrogen) atoms. The molecule has 1 aromatic carbocycles. The first-order valence-electron chi connectivity index (χ1n) is 10.6. The Balaban J connectivity index is 1.20. The van der Waals surface area contributed by atoms with E-state index in [0.717, 1.165) is 30.0 Å². The third-order valence-electron chi connectivity index (χ3n) is 6.30. The molecule has 2 aliphatic heterocycles. The van der Waals surface area contributed by atoms with E-state index in [1.165, 1.54) is 5.56 Å². The molecule has 0 saturated carbocycles. The number of fused-ring (bicyclic) bond motifs is 1. The molecule has 0 unspecified atom stereocenters. The minimum Gasteiger partial charge on any atom is -0.353 e. The number of benzene rings is 1. The van der Waals surface area contributed by atoms with Crippen molar-refractivity contribution in [2.45, 2.75) is 32.7 Å². The van der Waals surface area contributed by atoms with Crippen LogP contribution in [0.4, 0.5) is 11.5 Å². The molecule has 0 radical (unpaired) electrons. The van der Waals surface area contributed by atoms with Crippen molar-refractivity contribution in [2.24, 2.45) is 5.92 Å². The summed E-state index contributed by atoms with van der Waals surface area (Å²) in [5.74, 6) is 0.465. The molecule has 2 aromatic heterocycles. The molecule has 3 aromatic rings. The van der Waals surface area contributed by atoms with Crippen molar-refractivity contribution >= 4 is 29.0 Å². The summed E-state index contributed by atoms with van der Waals surface area (Å²) in [5, 5.41) is 15.5. The summed E-state index contributed by atoms with van der Waals surface area (Å²) in [7, 11) is 0. The first-order chi connectivity index (χ1) is 15.0. The normalized spacial score (nSPS) is 21.3. The SMILES string of the molecule is Cc1ccc(N2C[C@H](C(=O)N[C@H]3CCN(c4ccc5nncn5n4)C3)CC2=O)cc1C. The molecule has 2 aliphatic rings. The third kappa shape index (κ3) is 3.71. The van der Waals surface area contributed by atoms with Crippen LogP contribution >= 0.6 is 0 Å². The Morgan fingerprint density at radius 3 is 2.84 bits per heavy atom. The van der Waals surface area contributed by atoms with Gasteiger partial charge in [0.05, 0.1) is 5.92 Å². The van der Waals surface area contributed by atoms with Gasteiger partial charge in [-0.25, -0.2) is 0 Å². The van der Waals surface area contributed by atoms with E-state index >= 15 is 0 Å². The van der Waals surface area contributed by atoms with Gasteiger partial charge in [-0.1, -0.05) is 6.07 Å². The molecule has 5 rings (SSSR count). The first-order valence-corrected chi connectivity index (χ1v) is 10.6. The van der Waals surface area contributed by atoms with Crippen LogP contribution in [0, 0.1) is 19.8 Å². The molecule has 4 heterocycles. The van der Waals surface area contributed by atoms with Crippen LogP contribution in [-0.2, 0) is 9.59 Å². The summed E-state index contributed by atoms with van der Waals surface area (Å²) in [4.78, 5) is 29.3. The van der Waals surface area contributed by atoms with Gasteiger partial charge in [-0.15, -0.1) is 15.3 Å². The number of nitrogens with one attached hydrogen (secondary N) is 1. The minimum atomic E-state index is -0.324. The van der Waals surface area contributed by atoms with E-state index in [0.29, 0.717) is 18.7 Å². The van der Waals surface area contributed by atoms with Gasteiger partial charge in [0.2, 0.25) is 11.8 Å². The van der Waals surface area contributed by atoms with Crippen LogP contribution in [0.3, 0.4) is 0 Å². The average molecular weight is 419 g/mol. The van der Waals surface area contributed by atoms with Gasteiger partial charge in [0.1, 0.15) is 12.1 Å². The van der Waals surface area contributed by atoms with E-state index in [1.807, 2.05) is 44.2 Å². The van der Waals surface area contributed by atoms with Crippen molar-refractivity contribution in [1.29, 1.82) is 0 Å². The molecule has 9 nitrogen and oxygen atoms in total. The van der Waals surface area contributed by atoms with E-state index in [2.05, 4.69) is 25.5 Å². The predicted molar refractivity (Wildman–Crippen MR) is 116 cm³/mol. The summed E-state index contributed by atoms with van der Waals surface area (Å²) in [5.41, 5.74) is 3.90. The molecule has 1 N–H and O–H groups in total. The highest BCUT2D eigenvalue weighted by Crippen LogP contribution is 2.27. The lowest BCUT2D eigenvalue weighted by Crippen LogP contribution is -2.41. The van der Waals surface area contributed by atoms with E-state index < -0.39 is 0 Å². The van der Waals surface area contributed by atoms with Gasteiger partial charge in [-0.2, -0.15) is 4.52 Å². The molecule has 0 bridgehead atoms. The second-order valence-corrected chi connectivity index (χ2v) is 8.44. The van der Waals surface area contributed by atoms with Crippen LogP contribution in [0.25, 0.3) is 5.65 Å². The lowest BCUT2D eigenvalue weighted by molar-refractivity contribution is -0.126. The summed E-state index contributed by atoms with van der Waals surface area (Å²) >= 11 is 0. The maximum atomic E-state index is 12.9. The van der Waals surface area contributed by atoms with E-state index in [4.69, 9.17) is 0 Å². The highest BCUT2D eigenvalue weighted by atomic mass is 16.2. The van der Waals surface area contributed by atoms with Crippen LogP contribution in [0.2, 0.25) is 0 Å². The zero-order valence-corrected chi connectivity index (χ0v) is 17.7. The van der Waals surface area contributed by atoms with Crippen molar-refractivity contribution in [2.75, 3.05) is 29.4 Å². The first kappa shape index (κ1) is 19.5. The molecule has 9 heteroatoms. The maximum absolute atomic E-state index is 12.9. The number of aryl methyl sites for hydroxylation is 2. The van der Waals surface area contributed by atoms with Crippen molar-refractivity contribution in [3.05, 3.63) is 47.8 Å². The lowest BCUT2D eigenvalue weighted by atomic mass is 10.1. The van der Waals surface area contributed by atoms with Crippen LogP contribution in [0.5, 0.6) is 0 Å². The second kappa shape index (κ2) is 7.64.